The van der Waals surface area contributed by atoms with Crippen LogP contribution in [0.1, 0.15) is 81.5 Å². The molecule has 7 nitrogen and oxygen atoms in total. The summed E-state index contributed by atoms with van der Waals surface area (Å²) >= 11 is 6.30. The first-order chi connectivity index (χ1) is 21.7. The summed E-state index contributed by atoms with van der Waals surface area (Å²) in [5.41, 5.74) is 3.71. The molecule has 45 heavy (non-hydrogen) atoms. The van der Waals surface area contributed by atoms with E-state index in [1.165, 1.54) is 0 Å². The second-order valence-electron chi connectivity index (χ2n) is 12.5. The van der Waals surface area contributed by atoms with Gasteiger partial charge in [0, 0.05) is 40.1 Å². The second kappa shape index (κ2) is 16.5. The molecule has 1 aromatic heterocycles. The van der Waals surface area contributed by atoms with E-state index in [2.05, 4.69) is 34.1 Å². The lowest BCUT2D eigenvalue weighted by Gasteiger charge is -2.32. The molecule has 4 N–H and O–H groups in total. The van der Waals surface area contributed by atoms with Crippen LogP contribution in [0, 0.1) is 11.8 Å². The van der Waals surface area contributed by atoms with Gasteiger partial charge in [-0.25, -0.2) is 0 Å². The Morgan fingerprint density at radius 1 is 0.956 bits per heavy atom. The summed E-state index contributed by atoms with van der Waals surface area (Å²) in [6.07, 6.45) is 9.93. The predicted molar refractivity (Wildman–Crippen MR) is 183 cm³/mol. The SMILES string of the molecule is C=CCc1[nH]c2ccc(Cl)cc2c1CNC(=O)[C@H](CC(C)C)NC(=O)[C@H](NC(=O)[C@@H](CC=C)c1ccccc1)C1CCCCC1. The van der Waals surface area contributed by atoms with Crippen LogP contribution >= 0.6 is 11.6 Å². The summed E-state index contributed by atoms with van der Waals surface area (Å²) in [5, 5.41) is 10.8. The summed E-state index contributed by atoms with van der Waals surface area (Å²) in [4.78, 5) is 44.8. The lowest BCUT2D eigenvalue weighted by molar-refractivity contribution is -0.134. The molecule has 0 radical (unpaired) electrons. The van der Waals surface area contributed by atoms with Gasteiger partial charge in [0.2, 0.25) is 17.7 Å². The third-order valence-electron chi connectivity index (χ3n) is 8.71. The molecule has 0 unspecified atom stereocenters. The van der Waals surface area contributed by atoms with Crippen LogP contribution < -0.4 is 16.0 Å². The van der Waals surface area contributed by atoms with Crippen LogP contribution in [0.15, 0.2) is 73.8 Å². The van der Waals surface area contributed by atoms with Gasteiger partial charge in [0.05, 0.1) is 5.92 Å². The Labute approximate surface area is 272 Å². The van der Waals surface area contributed by atoms with Gasteiger partial charge in [-0.2, -0.15) is 0 Å². The van der Waals surface area contributed by atoms with Gasteiger partial charge in [0.25, 0.3) is 0 Å². The van der Waals surface area contributed by atoms with Crippen molar-refractivity contribution in [3.8, 4) is 0 Å². The van der Waals surface area contributed by atoms with Gasteiger partial charge in [0.15, 0.2) is 0 Å². The fourth-order valence-corrected chi connectivity index (χ4v) is 6.60. The summed E-state index contributed by atoms with van der Waals surface area (Å²) < 4.78 is 0. The molecule has 1 aliphatic rings. The fraction of sp³-hybridized carbons (Fsp3) is 0.432. The highest BCUT2D eigenvalue weighted by molar-refractivity contribution is 6.31. The summed E-state index contributed by atoms with van der Waals surface area (Å²) in [5.74, 6) is -1.07. The van der Waals surface area contributed by atoms with Crippen LogP contribution in [0.3, 0.4) is 0 Å². The maximum absolute atomic E-state index is 14.0. The molecule has 1 saturated carbocycles. The molecule has 1 fully saturated rings. The van der Waals surface area contributed by atoms with Gasteiger partial charge in [-0.15, -0.1) is 13.2 Å². The summed E-state index contributed by atoms with van der Waals surface area (Å²) in [6.45, 7) is 12.0. The number of carbonyl (C=O) groups is 3. The highest BCUT2D eigenvalue weighted by Crippen LogP contribution is 2.29. The van der Waals surface area contributed by atoms with E-state index in [0.717, 1.165) is 59.8 Å². The van der Waals surface area contributed by atoms with Crippen molar-refractivity contribution in [2.75, 3.05) is 0 Å². The number of nitrogens with one attached hydrogen (secondary N) is 4. The van der Waals surface area contributed by atoms with Crippen LogP contribution in [0.25, 0.3) is 10.9 Å². The van der Waals surface area contributed by atoms with Crippen LogP contribution in [0.2, 0.25) is 5.02 Å². The van der Waals surface area contributed by atoms with E-state index in [1.54, 1.807) is 6.08 Å². The zero-order valence-electron chi connectivity index (χ0n) is 26.5. The van der Waals surface area contributed by atoms with Crippen LogP contribution in [-0.2, 0) is 27.3 Å². The normalized spacial score (nSPS) is 15.6. The third-order valence-corrected chi connectivity index (χ3v) is 8.94. The van der Waals surface area contributed by atoms with Gasteiger partial charge in [-0.3, -0.25) is 14.4 Å². The number of fused-ring (bicyclic) bond motifs is 1. The molecule has 0 bridgehead atoms. The Morgan fingerprint density at radius 2 is 1.69 bits per heavy atom. The van der Waals surface area contributed by atoms with Gasteiger partial charge in [-0.05, 0) is 61.3 Å². The minimum atomic E-state index is -0.754. The maximum Gasteiger partial charge on any atom is 0.243 e. The Morgan fingerprint density at radius 3 is 2.36 bits per heavy atom. The molecule has 1 heterocycles. The number of hydrogen-bond acceptors (Lipinski definition) is 3. The highest BCUT2D eigenvalue weighted by atomic mass is 35.5. The van der Waals surface area contributed by atoms with Crippen molar-refractivity contribution in [1.29, 1.82) is 0 Å². The second-order valence-corrected chi connectivity index (χ2v) is 13.0. The molecule has 2 aromatic carbocycles. The van der Waals surface area contributed by atoms with Crippen molar-refractivity contribution in [3.63, 3.8) is 0 Å². The molecule has 1 aliphatic carbocycles. The maximum atomic E-state index is 14.0. The number of aromatic nitrogens is 1. The lowest BCUT2D eigenvalue weighted by Crippen LogP contribution is -2.57. The number of hydrogen-bond donors (Lipinski definition) is 4. The van der Waals surface area contributed by atoms with E-state index in [-0.39, 0.29) is 36.1 Å². The molecule has 0 aliphatic heterocycles. The minimum Gasteiger partial charge on any atom is -0.358 e. The van der Waals surface area contributed by atoms with E-state index >= 15 is 0 Å². The van der Waals surface area contributed by atoms with Crippen LogP contribution in [0.4, 0.5) is 0 Å². The molecule has 3 atom stereocenters. The zero-order valence-corrected chi connectivity index (χ0v) is 27.3. The number of H-pyrrole nitrogens is 1. The Bertz CT molecular complexity index is 1480. The average molecular weight is 631 g/mol. The average Bonchev–Trinajstić information content (AvgIpc) is 3.37. The molecular weight excluding hydrogens is 584 g/mol. The van der Waals surface area contributed by atoms with Crippen molar-refractivity contribution in [2.24, 2.45) is 11.8 Å². The molecule has 3 amide bonds. The van der Waals surface area contributed by atoms with Crippen molar-refractivity contribution in [1.82, 2.24) is 20.9 Å². The molecule has 0 spiro atoms. The Balaban J connectivity index is 1.53. The van der Waals surface area contributed by atoms with Crippen molar-refractivity contribution in [2.45, 2.75) is 89.8 Å². The molecule has 0 saturated heterocycles. The van der Waals surface area contributed by atoms with E-state index in [4.69, 9.17) is 11.6 Å². The molecule has 3 aromatic rings. The molecule has 8 heteroatoms. The topological polar surface area (TPSA) is 103 Å². The molecule has 4 rings (SSSR count). The number of carbonyl (C=O) groups excluding carboxylic acids is 3. The van der Waals surface area contributed by atoms with E-state index in [9.17, 15) is 14.4 Å². The quantitative estimate of drug-likeness (QED) is 0.134. The first-order valence-corrected chi connectivity index (χ1v) is 16.5. The number of rotatable bonds is 15. The van der Waals surface area contributed by atoms with Crippen molar-refractivity contribution in [3.05, 3.63) is 95.7 Å². The lowest BCUT2D eigenvalue weighted by atomic mass is 9.82. The Hall–Kier alpha value is -3.84. The standard InChI is InChI=1S/C37H47ClN4O3/c1-5-13-28(25-15-9-7-10-16-25)35(43)42-34(26-17-11-8-12-18-26)37(45)41-33(21-24(3)4)36(44)39-23-30-29-22-27(38)19-20-32(29)40-31(30)14-6-2/h5-7,9-10,15-16,19-20,22,24,26,28,33-34,40H,1-2,8,11-14,17-18,21,23H2,3-4H3,(H,39,44)(H,41,45)(H,42,43)/t28-,33-,34+/m0/s1. The van der Waals surface area contributed by atoms with E-state index in [1.807, 2.05) is 68.5 Å². The summed E-state index contributed by atoms with van der Waals surface area (Å²) in [7, 11) is 0. The van der Waals surface area contributed by atoms with Gasteiger partial charge >= 0.3 is 0 Å². The summed E-state index contributed by atoms with van der Waals surface area (Å²) in [6, 6.07) is 13.7. The van der Waals surface area contributed by atoms with E-state index < -0.39 is 18.0 Å². The Kier molecular flexibility index (Phi) is 12.5. The minimum absolute atomic E-state index is 0.00282. The monoisotopic (exact) mass is 630 g/mol. The smallest absolute Gasteiger partial charge is 0.243 e. The number of aromatic amines is 1. The molecular formula is C37H47ClN4O3. The highest BCUT2D eigenvalue weighted by Gasteiger charge is 2.35. The molecule has 240 valence electrons. The third kappa shape index (κ3) is 9.10. The van der Waals surface area contributed by atoms with Gasteiger partial charge < -0.3 is 20.9 Å². The van der Waals surface area contributed by atoms with Crippen molar-refractivity contribution < 1.29 is 14.4 Å². The van der Waals surface area contributed by atoms with E-state index in [0.29, 0.717) is 24.3 Å². The number of halogens is 1. The number of allylic oxidation sites excluding steroid dienone is 2. The zero-order chi connectivity index (χ0) is 32.3. The first-order valence-electron chi connectivity index (χ1n) is 16.2. The van der Waals surface area contributed by atoms with Crippen LogP contribution in [0.5, 0.6) is 0 Å². The van der Waals surface area contributed by atoms with Crippen molar-refractivity contribution >= 4 is 40.2 Å². The van der Waals surface area contributed by atoms with Crippen LogP contribution in [-0.4, -0.2) is 34.8 Å². The fourth-order valence-electron chi connectivity index (χ4n) is 6.42. The first kappa shape index (κ1) is 34.0. The van der Waals surface area contributed by atoms with Gasteiger partial charge in [0.1, 0.15) is 12.1 Å². The van der Waals surface area contributed by atoms with Gasteiger partial charge in [-0.1, -0.05) is 87.2 Å². The largest absolute Gasteiger partial charge is 0.358 e. The number of benzene rings is 2. The predicted octanol–water partition coefficient (Wildman–Crippen LogP) is 7.12. The number of amides is 3.